The number of rotatable bonds is 0. The van der Waals surface area contributed by atoms with Gasteiger partial charge in [-0.3, -0.25) is 4.72 Å². The van der Waals surface area contributed by atoms with Gasteiger partial charge in [0.2, 0.25) is 10.0 Å². The number of hydrogen-bond acceptors (Lipinski definition) is 3. The van der Waals surface area contributed by atoms with Crippen molar-refractivity contribution in [3.05, 3.63) is 24.0 Å². The number of nitrogens with one attached hydrogen (secondary N) is 1. The number of nitrogens with zero attached hydrogens (tertiary/aromatic N) is 1. The van der Waals surface area contributed by atoms with Crippen molar-refractivity contribution in [1.82, 2.24) is 9.62 Å². The summed E-state index contributed by atoms with van der Waals surface area (Å²) in [5.74, 6) is 0.891. The molecule has 0 aromatic rings. The van der Waals surface area contributed by atoms with E-state index in [4.69, 9.17) is 0 Å². The van der Waals surface area contributed by atoms with E-state index in [0.717, 1.165) is 6.54 Å². The minimum atomic E-state index is -3.05. The van der Waals surface area contributed by atoms with Crippen LogP contribution in [-0.4, -0.2) is 32.2 Å². The van der Waals surface area contributed by atoms with E-state index in [-0.39, 0.29) is 5.75 Å². The maximum atomic E-state index is 11.1. The topological polar surface area (TPSA) is 49.4 Å². The molecule has 66 valence electrons. The standard InChI is InChI=1S/C7H10N2O2S/c10-12(11)6-5-9-4-2-1-3-7(9)8-12/h1-3,8H,4-6H2. The van der Waals surface area contributed by atoms with Gasteiger partial charge in [-0.1, -0.05) is 12.2 Å². The van der Waals surface area contributed by atoms with Gasteiger partial charge in [0.25, 0.3) is 0 Å². The first-order chi connectivity index (χ1) is 5.67. The van der Waals surface area contributed by atoms with E-state index in [9.17, 15) is 8.42 Å². The zero-order valence-corrected chi connectivity index (χ0v) is 7.34. The minimum absolute atomic E-state index is 0.193. The van der Waals surface area contributed by atoms with Crippen LogP contribution in [0.25, 0.3) is 0 Å². The maximum Gasteiger partial charge on any atom is 0.235 e. The molecule has 4 nitrogen and oxygen atoms in total. The zero-order valence-electron chi connectivity index (χ0n) is 6.53. The first-order valence-corrected chi connectivity index (χ1v) is 5.45. The van der Waals surface area contributed by atoms with Gasteiger partial charge in [0.1, 0.15) is 5.82 Å². The highest BCUT2D eigenvalue weighted by atomic mass is 32.2. The molecule has 0 radical (unpaired) electrons. The molecule has 2 aliphatic heterocycles. The van der Waals surface area contributed by atoms with Crippen LogP contribution >= 0.6 is 0 Å². The Bertz CT molecular complexity index is 342. The molecule has 12 heavy (non-hydrogen) atoms. The normalized spacial score (nSPS) is 25.7. The third-order valence-electron chi connectivity index (χ3n) is 1.95. The maximum absolute atomic E-state index is 11.1. The summed E-state index contributed by atoms with van der Waals surface area (Å²) in [5, 5.41) is 0. The van der Waals surface area contributed by atoms with Crippen molar-refractivity contribution in [3.8, 4) is 0 Å². The van der Waals surface area contributed by atoms with Gasteiger partial charge in [-0.2, -0.15) is 0 Å². The first kappa shape index (κ1) is 7.67. The van der Waals surface area contributed by atoms with E-state index in [1.54, 1.807) is 6.08 Å². The summed E-state index contributed by atoms with van der Waals surface area (Å²) in [6, 6.07) is 0. The quantitative estimate of drug-likeness (QED) is 0.561. The summed E-state index contributed by atoms with van der Waals surface area (Å²) >= 11 is 0. The highest BCUT2D eigenvalue weighted by molar-refractivity contribution is 7.89. The SMILES string of the molecule is O=S1(=O)CCN2CC=CC=C2N1. The van der Waals surface area contributed by atoms with E-state index in [2.05, 4.69) is 4.72 Å². The molecule has 0 aromatic heterocycles. The van der Waals surface area contributed by atoms with Crippen LogP contribution in [-0.2, 0) is 10.0 Å². The summed E-state index contributed by atoms with van der Waals surface area (Å²) < 4.78 is 24.7. The Kier molecular flexibility index (Phi) is 1.61. The van der Waals surface area contributed by atoms with Gasteiger partial charge >= 0.3 is 0 Å². The third kappa shape index (κ3) is 1.32. The second kappa shape index (κ2) is 2.52. The Morgan fingerprint density at radius 1 is 1.50 bits per heavy atom. The van der Waals surface area contributed by atoms with Crippen molar-refractivity contribution in [2.75, 3.05) is 18.8 Å². The molecule has 1 fully saturated rings. The molecule has 0 bridgehead atoms. The Morgan fingerprint density at radius 2 is 2.33 bits per heavy atom. The van der Waals surface area contributed by atoms with Gasteiger partial charge < -0.3 is 4.90 Å². The van der Waals surface area contributed by atoms with Crippen LogP contribution in [0.15, 0.2) is 24.0 Å². The molecule has 0 atom stereocenters. The molecular formula is C7H10N2O2S. The smallest absolute Gasteiger partial charge is 0.235 e. The number of hydrogen-bond donors (Lipinski definition) is 1. The minimum Gasteiger partial charge on any atom is -0.353 e. The predicted molar refractivity (Wildman–Crippen MR) is 45.7 cm³/mol. The van der Waals surface area contributed by atoms with Crippen molar-refractivity contribution in [3.63, 3.8) is 0 Å². The molecular weight excluding hydrogens is 176 g/mol. The lowest BCUT2D eigenvalue weighted by Crippen LogP contribution is -2.46. The summed E-state index contributed by atoms with van der Waals surface area (Å²) in [4.78, 5) is 2.00. The van der Waals surface area contributed by atoms with Crippen molar-refractivity contribution in [2.45, 2.75) is 0 Å². The molecule has 2 rings (SSSR count). The van der Waals surface area contributed by atoms with Crippen LogP contribution < -0.4 is 4.72 Å². The van der Waals surface area contributed by atoms with Crippen molar-refractivity contribution in [2.24, 2.45) is 0 Å². The van der Waals surface area contributed by atoms with Crippen LogP contribution in [0.2, 0.25) is 0 Å². The first-order valence-electron chi connectivity index (χ1n) is 3.80. The van der Waals surface area contributed by atoms with Gasteiger partial charge in [-0.15, -0.1) is 0 Å². The Hall–Kier alpha value is -0.970. The number of fused-ring (bicyclic) bond motifs is 1. The second-order valence-electron chi connectivity index (χ2n) is 2.85. The van der Waals surface area contributed by atoms with Crippen molar-refractivity contribution in [1.29, 1.82) is 0 Å². The second-order valence-corrected chi connectivity index (χ2v) is 4.69. The van der Waals surface area contributed by atoms with Gasteiger partial charge in [-0.05, 0) is 6.08 Å². The average Bonchev–Trinajstić information content (AvgIpc) is 2.02. The van der Waals surface area contributed by atoms with Crippen LogP contribution in [0.3, 0.4) is 0 Å². The summed E-state index contributed by atoms with van der Waals surface area (Å²) in [5.41, 5.74) is 0. The molecule has 0 spiro atoms. The molecule has 0 aromatic carbocycles. The van der Waals surface area contributed by atoms with Crippen molar-refractivity contribution >= 4 is 10.0 Å². The highest BCUT2D eigenvalue weighted by Gasteiger charge is 2.23. The van der Waals surface area contributed by atoms with Crippen LogP contribution in [0.4, 0.5) is 0 Å². The summed E-state index contributed by atoms with van der Waals surface area (Å²) in [6.45, 7) is 1.39. The van der Waals surface area contributed by atoms with Gasteiger partial charge in [0.15, 0.2) is 0 Å². The molecule has 0 saturated carbocycles. The number of sulfonamides is 1. The average molecular weight is 186 g/mol. The van der Waals surface area contributed by atoms with E-state index in [1.807, 2.05) is 17.1 Å². The Balaban J connectivity index is 2.27. The molecule has 2 aliphatic rings. The molecule has 0 amide bonds. The zero-order chi connectivity index (χ0) is 8.60. The van der Waals surface area contributed by atoms with Crippen LogP contribution in [0.1, 0.15) is 0 Å². The highest BCUT2D eigenvalue weighted by Crippen LogP contribution is 2.12. The molecule has 0 unspecified atom stereocenters. The molecule has 2 heterocycles. The van der Waals surface area contributed by atoms with Crippen molar-refractivity contribution < 1.29 is 8.42 Å². The van der Waals surface area contributed by atoms with Gasteiger partial charge in [0.05, 0.1) is 5.75 Å². The lowest BCUT2D eigenvalue weighted by Gasteiger charge is -2.32. The number of allylic oxidation sites excluding steroid dienone is 2. The van der Waals surface area contributed by atoms with E-state index >= 15 is 0 Å². The molecule has 1 N–H and O–H groups in total. The molecule has 0 aliphatic carbocycles. The van der Waals surface area contributed by atoms with Gasteiger partial charge in [-0.25, -0.2) is 8.42 Å². The largest absolute Gasteiger partial charge is 0.353 e. The summed E-state index contributed by atoms with van der Waals surface area (Å²) in [7, 11) is -3.05. The van der Waals surface area contributed by atoms with Crippen LogP contribution in [0.5, 0.6) is 0 Å². The fourth-order valence-corrected chi connectivity index (χ4v) is 2.38. The Morgan fingerprint density at radius 3 is 3.17 bits per heavy atom. The fourth-order valence-electron chi connectivity index (χ4n) is 1.30. The van der Waals surface area contributed by atoms with E-state index < -0.39 is 10.0 Å². The molecule has 1 saturated heterocycles. The Labute approximate surface area is 71.6 Å². The third-order valence-corrected chi connectivity index (χ3v) is 3.19. The van der Waals surface area contributed by atoms with Gasteiger partial charge in [0, 0.05) is 13.1 Å². The monoisotopic (exact) mass is 186 g/mol. The lowest BCUT2D eigenvalue weighted by atomic mass is 10.3. The molecule has 5 heteroatoms. The van der Waals surface area contributed by atoms with Crippen LogP contribution in [0, 0.1) is 0 Å². The summed E-state index contributed by atoms with van der Waals surface area (Å²) in [6.07, 6.45) is 5.64. The van der Waals surface area contributed by atoms with E-state index in [0.29, 0.717) is 12.4 Å². The predicted octanol–water partition coefficient (Wildman–Crippen LogP) is -0.367. The van der Waals surface area contributed by atoms with E-state index in [1.165, 1.54) is 0 Å². The fraction of sp³-hybridized carbons (Fsp3) is 0.429. The lowest BCUT2D eigenvalue weighted by molar-refractivity contribution is 0.366.